The van der Waals surface area contributed by atoms with Crippen molar-refractivity contribution in [3.8, 4) is 0 Å². The number of carboxylic acid groups (broad SMARTS) is 1. The fourth-order valence-corrected chi connectivity index (χ4v) is 2.58. The maximum atomic E-state index is 12.1. The second-order valence-corrected chi connectivity index (χ2v) is 5.51. The molecule has 2 heterocycles. The van der Waals surface area contributed by atoms with E-state index in [0.717, 1.165) is 16.5 Å². The lowest BCUT2D eigenvalue weighted by Crippen LogP contribution is -2.26. The molecule has 110 valence electrons. The first-order valence-electron chi connectivity index (χ1n) is 6.19. The number of carbonyl (C=O) groups is 2. The molecule has 0 saturated heterocycles. The normalized spacial score (nSPS) is 11.0. The molecule has 1 N–H and O–H groups in total. The van der Waals surface area contributed by atoms with Gasteiger partial charge in [-0.25, -0.2) is 4.79 Å². The first-order valence-corrected chi connectivity index (χ1v) is 7.07. The van der Waals surface area contributed by atoms with Crippen LogP contribution in [0.2, 0.25) is 0 Å². The Balaban J connectivity index is 2.01. The van der Waals surface area contributed by atoms with Crippen molar-refractivity contribution in [3.05, 3.63) is 45.9 Å². The van der Waals surface area contributed by atoms with Crippen molar-refractivity contribution in [1.82, 2.24) is 14.7 Å². The topological polar surface area (TPSA) is 75.4 Å². The Morgan fingerprint density at radius 3 is 2.90 bits per heavy atom. The van der Waals surface area contributed by atoms with Crippen LogP contribution < -0.4 is 0 Å². The van der Waals surface area contributed by atoms with E-state index in [-0.39, 0.29) is 5.91 Å². The molecule has 2 aromatic rings. The van der Waals surface area contributed by atoms with Gasteiger partial charge >= 0.3 is 5.97 Å². The third kappa shape index (κ3) is 4.03. The SMILES string of the molecule is CN(Cc1csc(/C=C/C(=O)O)c1)C(=O)c1ccn(C)n1. The Kier molecular flexibility index (Phi) is 4.54. The minimum Gasteiger partial charge on any atom is -0.478 e. The number of nitrogens with zero attached hydrogens (tertiary/aromatic N) is 3. The summed E-state index contributed by atoms with van der Waals surface area (Å²) in [4.78, 5) is 25.0. The fourth-order valence-electron chi connectivity index (χ4n) is 1.79. The van der Waals surface area contributed by atoms with E-state index in [1.807, 2.05) is 11.4 Å². The third-order valence-electron chi connectivity index (χ3n) is 2.76. The standard InChI is InChI=1S/C14H15N3O3S/c1-16(14(20)12-5-6-17(2)15-12)8-10-7-11(21-9-10)3-4-13(18)19/h3-7,9H,8H2,1-2H3,(H,18,19)/b4-3+. The molecule has 21 heavy (non-hydrogen) atoms. The van der Waals surface area contributed by atoms with E-state index in [1.165, 1.54) is 17.4 Å². The van der Waals surface area contributed by atoms with Gasteiger partial charge < -0.3 is 10.0 Å². The molecule has 0 aliphatic heterocycles. The summed E-state index contributed by atoms with van der Waals surface area (Å²) in [6.45, 7) is 0.451. The number of carbonyl (C=O) groups excluding carboxylic acids is 1. The highest BCUT2D eigenvalue weighted by Crippen LogP contribution is 2.18. The molecule has 0 aliphatic carbocycles. The summed E-state index contributed by atoms with van der Waals surface area (Å²) in [6.07, 6.45) is 4.36. The second-order valence-electron chi connectivity index (χ2n) is 4.56. The summed E-state index contributed by atoms with van der Waals surface area (Å²) in [5.74, 6) is -1.13. The van der Waals surface area contributed by atoms with E-state index in [2.05, 4.69) is 5.10 Å². The van der Waals surface area contributed by atoms with Crippen molar-refractivity contribution >= 4 is 29.3 Å². The lowest BCUT2D eigenvalue weighted by atomic mass is 10.2. The molecule has 0 unspecified atom stereocenters. The zero-order valence-corrected chi connectivity index (χ0v) is 12.5. The van der Waals surface area contributed by atoms with Crippen molar-refractivity contribution in [1.29, 1.82) is 0 Å². The van der Waals surface area contributed by atoms with Gasteiger partial charge in [0.1, 0.15) is 5.69 Å². The molecule has 0 bridgehead atoms. The van der Waals surface area contributed by atoms with Gasteiger partial charge in [0.2, 0.25) is 0 Å². The summed E-state index contributed by atoms with van der Waals surface area (Å²) in [5.41, 5.74) is 1.36. The average molecular weight is 305 g/mol. The first-order chi connectivity index (χ1) is 9.95. The van der Waals surface area contributed by atoms with Crippen LogP contribution in [-0.4, -0.2) is 38.7 Å². The lowest BCUT2D eigenvalue weighted by molar-refractivity contribution is -0.131. The van der Waals surface area contributed by atoms with Crippen molar-refractivity contribution in [2.75, 3.05) is 7.05 Å². The van der Waals surface area contributed by atoms with E-state index in [4.69, 9.17) is 5.11 Å². The van der Waals surface area contributed by atoms with Crippen LogP contribution in [0.15, 0.2) is 29.8 Å². The van der Waals surface area contributed by atoms with Crippen LogP contribution in [0.1, 0.15) is 20.9 Å². The number of aliphatic carboxylic acids is 1. The molecule has 0 atom stereocenters. The summed E-state index contributed by atoms with van der Waals surface area (Å²) in [5, 5.41) is 14.6. The molecule has 0 spiro atoms. The molecule has 0 saturated carbocycles. The Bertz CT molecular complexity index is 687. The quantitative estimate of drug-likeness (QED) is 0.855. The summed E-state index contributed by atoms with van der Waals surface area (Å²) < 4.78 is 1.58. The average Bonchev–Trinajstić information content (AvgIpc) is 3.04. The minimum atomic E-state index is -0.979. The highest BCUT2D eigenvalue weighted by molar-refractivity contribution is 7.11. The first kappa shape index (κ1) is 15.0. The van der Waals surface area contributed by atoms with E-state index in [0.29, 0.717) is 12.2 Å². The zero-order chi connectivity index (χ0) is 15.4. The number of hydrogen-bond donors (Lipinski definition) is 1. The van der Waals surface area contributed by atoms with Crippen LogP contribution in [0.4, 0.5) is 0 Å². The van der Waals surface area contributed by atoms with Crippen molar-refractivity contribution in [2.45, 2.75) is 6.54 Å². The van der Waals surface area contributed by atoms with Gasteiger partial charge in [0.15, 0.2) is 0 Å². The number of rotatable bonds is 5. The van der Waals surface area contributed by atoms with Crippen LogP contribution in [0, 0.1) is 0 Å². The Labute approximate surface area is 125 Å². The Morgan fingerprint density at radius 1 is 1.52 bits per heavy atom. The van der Waals surface area contributed by atoms with Gasteiger partial charge in [-0.15, -0.1) is 11.3 Å². The lowest BCUT2D eigenvalue weighted by Gasteiger charge is -2.14. The molecule has 0 aromatic carbocycles. The van der Waals surface area contributed by atoms with Crippen LogP contribution in [0.25, 0.3) is 6.08 Å². The molecule has 2 rings (SSSR count). The van der Waals surface area contributed by atoms with Crippen LogP contribution in [0.3, 0.4) is 0 Å². The maximum Gasteiger partial charge on any atom is 0.328 e. The Hall–Kier alpha value is -2.41. The van der Waals surface area contributed by atoms with E-state index < -0.39 is 5.97 Å². The highest BCUT2D eigenvalue weighted by atomic mass is 32.1. The summed E-state index contributed by atoms with van der Waals surface area (Å²) in [6, 6.07) is 3.54. The molecule has 7 heteroatoms. The van der Waals surface area contributed by atoms with E-state index in [9.17, 15) is 9.59 Å². The monoisotopic (exact) mass is 305 g/mol. The zero-order valence-electron chi connectivity index (χ0n) is 11.7. The number of aryl methyl sites for hydroxylation is 1. The predicted molar refractivity (Wildman–Crippen MR) is 80.0 cm³/mol. The van der Waals surface area contributed by atoms with Crippen LogP contribution in [0.5, 0.6) is 0 Å². The van der Waals surface area contributed by atoms with Crippen LogP contribution >= 0.6 is 11.3 Å². The molecule has 2 aromatic heterocycles. The number of aromatic nitrogens is 2. The molecule has 0 aliphatic rings. The summed E-state index contributed by atoms with van der Waals surface area (Å²) >= 11 is 1.44. The number of thiophene rings is 1. The van der Waals surface area contributed by atoms with Gasteiger partial charge in [0.05, 0.1) is 0 Å². The van der Waals surface area contributed by atoms with E-state index >= 15 is 0 Å². The van der Waals surface area contributed by atoms with E-state index in [1.54, 1.807) is 35.9 Å². The molecule has 0 fully saturated rings. The molecule has 6 nitrogen and oxygen atoms in total. The van der Waals surface area contributed by atoms with Gasteiger partial charge in [-0.2, -0.15) is 5.10 Å². The summed E-state index contributed by atoms with van der Waals surface area (Å²) in [7, 11) is 3.47. The van der Waals surface area contributed by atoms with Gasteiger partial charge in [-0.05, 0) is 29.2 Å². The maximum absolute atomic E-state index is 12.1. The predicted octanol–water partition coefficient (Wildman–Crippen LogP) is 1.85. The number of amides is 1. The fraction of sp³-hybridized carbons (Fsp3) is 0.214. The van der Waals surface area contributed by atoms with Gasteiger partial charge in [-0.1, -0.05) is 0 Å². The molecule has 0 radical (unpaired) electrons. The van der Waals surface area contributed by atoms with Gasteiger partial charge in [0, 0.05) is 37.8 Å². The number of carboxylic acids is 1. The molecular weight excluding hydrogens is 290 g/mol. The largest absolute Gasteiger partial charge is 0.478 e. The molecule has 1 amide bonds. The second kappa shape index (κ2) is 6.36. The molecular formula is C14H15N3O3S. The third-order valence-corrected chi connectivity index (χ3v) is 3.71. The smallest absolute Gasteiger partial charge is 0.328 e. The van der Waals surface area contributed by atoms with Crippen molar-refractivity contribution in [3.63, 3.8) is 0 Å². The highest BCUT2D eigenvalue weighted by Gasteiger charge is 2.15. The number of hydrogen-bond acceptors (Lipinski definition) is 4. The van der Waals surface area contributed by atoms with Crippen molar-refractivity contribution < 1.29 is 14.7 Å². The van der Waals surface area contributed by atoms with Crippen molar-refractivity contribution in [2.24, 2.45) is 7.05 Å². The minimum absolute atomic E-state index is 0.149. The van der Waals surface area contributed by atoms with Gasteiger partial charge in [-0.3, -0.25) is 9.48 Å². The van der Waals surface area contributed by atoms with Crippen LogP contribution in [-0.2, 0) is 18.4 Å². The van der Waals surface area contributed by atoms with Gasteiger partial charge in [0.25, 0.3) is 5.91 Å². The Morgan fingerprint density at radius 2 is 2.29 bits per heavy atom.